The van der Waals surface area contributed by atoms with Crippen LogP contribution in [-0.4, -0.2) is 18.2 Å². The number of aliphatic carboxylic acids is 1. The van der Waals surface area contributed by atoms with E-state index in [0.29, 0.717) is 23.7 Å². The number of ether oxygens (including phenoxy) is 2. The molecule has 0 saturated carbocycles. The molecule has 0 amide bonds. The molecule has 0 saturated heterocycles. The molecule has 0 fully saturated rings. The molecule has 0 bridgehead atoms. The molecule has 1 aliphatic carbocycles. The number of rotatable bonds is 6. The average molecular weight is 271 g/mol. The first kappa shape index (κ1) is 13.8. The Morgan fingerprint density at radius 3 is 2.70 bits per heavy atom. The highest BCUT2D eigenvalue weighted by Crippen LogP contribution is 2.21. The molecule has 4 heteroatoms. The fourth-order valence-corrected chi connectivity index (χ4v) is 1.78. The second-order valence-corrected chi connectivity index (χ2v) is 4.25. The summed E-state index contributed by atoms with van der Waals surface area (Å²) in [5.41, 5.74) is 1.67. The molecule has 102 valence electrons. The van der Waals surface area contributed by atoms with Gasteiger partial charge in [-0.25, -0.2) is 0 Å². The molecule has 4 nitrogen and oxygen atoms in total. The zero-order chi connectivity index (χ0) is 14.4. The molecule has 0 heterocycles. The van der Waals surface area contributed by atoms with Gasteiger partial charge in [0, 0.05) is 0 Å². The summed E-state index contributed by atoms with van der Waals surface area (Å²) < 4.78 is 10.9. The summed E-state index contributed by atoms with van der Waals surface area (Å²) in [5, 5.41) is 8.77. The van der Waals surface area contributed by atoms with E-state index in [1.54, 1.807) is 12.2 Å². The summed E-state index contributed by atoms with van der Waals surface area (Å²) in [7, 11) is 1.52. The molecule has 0 unspecified atom stereocenters. The highest BCUT2D eigenvalue weighted by molar-refractivity contribution is 5.71. The summed E-state index contributed by atoms with van der Waals surface area (Å²) >= 11 is 0. The quantitative estimate of drug-likeness (QED) is 0.808. The zero-order valence-electron chi connectivity index (χ0n) is 11.1. The van der Waals surface area contributed by atoms with Crippen molar-refractivity contribution in [1.82, 2.24) is 0 Å². The number of carboxylic acids is 1. The number of allylic oxidation sites excluding steroid dienone is 3. The van der Waals surface area contributed by atoms with Crippen molar-refractivity contribution in [3.05, 3.63) is 71.2 Å². The van der Waals surface area contributed by atoms with Gasteiger partial charge in [0.15, 0.2) is 0 Å². The standard InChI is InChI=1S/C16H14O4/c1-19-15-9-13(10-16(17)18)7-8-14(15)20-11-12-5-3-2-4-6-12/h2-7,9H,10-11H2,1H3/p+1. The van der Waals surface area contributed by atoms with Crippen LogP contribution in [0.15, 0.2) is 59.6 Å². The van der Waals surface area contributed by atoms with Gasteiger partial charge in [-0.05, 0) is 5.56 Å². The van der Waals surface area contributed by atoms with Gasteiger partial charge in [-0.1, -0.05) is 30.3 Å². The van der Waals surface area contributed by atoms with Crippen LogP contribution in [0.2, 0.25) is 0 Å². The van der Waals surface area contributed by atoms with Gasteiger partial charge in [0.2, 0.25) is 0 Å². The topological polar surface area (TPSA) is 55.8 Å². The Balaban J connectivity index is 2.07. The van der Waals surface area contributed by atoms with E-state index in [9.17, 15) is 4.79 Å². The van der Waals surface area contributed by atoms with E-state index >= 15 is 0 Å². The molecule has 1 aromatic carbocycles. The third-order valence-corrected chi connectivity index (χ3v) is 2.73. The molecule has 0 atom stereocenters. The van der Waals surface area contributed by atoms with Crippen LogP contribution in [0.5, 0.6) is 0 Å². The lowest BCUT2D eigenvalue weighted by molar-refractivity contribution is -0.136. The lowest BCUT2D eigenvalue weighted by Gasteiger charge is -2.07. The van der Waals surface area contributed by atoms with Gasteiger partial charge >= 0.3 is 11.7 Å². The third-order valence-electron chi connectivity index (χ3n) is 2.73. The molecule has 0 spiro atoms. The number of benzene rings is 1. The maximum absolute atomic E-state index is 10.7. The Labute approximate surface area is 117 Å². The van der Waals surface area contributed by atoms with Gasteiger partial charge in [-0.15, -0.1) is 0 Å². The van der Waals surface area contributed by atoms with Crippen molar-refractivity contribution in [1.29, 1.82) is 0 Å². The Kier molecular flexibility index (Phi) is 4.53. The molecule has 0 aromatic heterocycles. The predicted molar refractivity (Wildman–Crippen MR) is 73.4 cm³/mol. The third kappa shape index (κ3) is 3.70. The van der Waals surface area contributed by atoms with Gasteiger partial charge in [0.25, 0.3) is 5.76 Å². The normalized spacial score (nSPS) is 13.6. The molecule has 1 N–H and O–H groups in total. The molecule has 0 aliphatic heterocycles. The summed E-state index contributed by atoms with van der Waals surface area (Å²) in [6.07, 6.45) is 6.12. The molecule has 1 aliphatic rings. The van der Waals surface area contributed by atoms with Gasteiger partial charge < -0.3 is 14.6 Å². The van der Waals surface area contributed by atoms with Crippen LogP contribution in [0.3, 0.4) is 0 Å². The summed E-state index contributed by atoms with van der Waals surface area (Å²) in [4.78, 5) is 10.7. The van der Waals surface area contributed by atoms with E-state index in [2.05, 4.69) is 6.08 Å². The van der Waals surface area contributed by atoms with Crippen LogP contribution in [0.25, 0.3) is 0 Å². The van der Waals surface area contributed by atoms with Gasteiger partial charge in [-0.2, -0.15) is 0 Å². The number of carbonyl (C=O) groups is 1. The summed E-state index contributed by atoms with van der Waals surface area (Å²) in [6, 6.07) is 9.75. The average Bonchev–Trinajstić information content (AvgIpc) is 2.46. The van der Waals surface area contributed by atoms with E-state index < -0.39 is 5.97 Å². The molecular formula is C16H15O4+. The lowest BCUT2D eigenvalue weighted by Crippen LogP contribution is -2.04. The zero-order valence-corrected chi connectivity index (χ0v) is 11.1. The van der Waals surface area contributed by atoms with Crippen LogP contribution in [0, 0.1) is 6.08 Å². The summed E-state index contributed by atoms with van der Waals surface area (Å²) in [6.45, 7) is 0.409. The SMILES string of the molecule is COC1=C(OCc2ccccc2)[C+]=CC(CC(=O)O)=C1. The minimum absolute atomic E-state index is 0.0637. The van der Waals surface area contributed by atoms with Gasteiger partial charge in [0.05, 0.1) is 18.8 Å². The van der Waals surface area contributed by atoms with Gasteiger partial charge in [-0.3, -0.25) is 4.79 Å². The van der Waals surface area contributed by atoms with E-state index in [-0.39, 0.29) is 6.42 Å². The van der Waals surface area contributed by atoms with Crippen molar-refractivity contribution in [2.45, 2.75) is 13.0 Å². The predicted octanol–water partition coefficient (Wildman–Crippen LogP) is 2.84. The minimum Gasteiger partial charge on any atom is -0.480 e. The van der Waals surface area contributed by atoms with Crippen LogP contribution in [0.1, 0.15) is 12.0 Å². The first-order valence-corrected chi connectivity index (χ1v) is 6.16. The summed E-state index contributed by atoms with van der Waals surface area (Å²) in [5.74, 6) is 0.0728. The van der Waals surface area contributed by atoms with Crippen LogP contribution in [-0.2, 0) is 20.9 Å². The van der Waals surface area contributed by atoms with Crippen LogP contribution >= 0.6 is 0 Å². The van der Waals surface area contributed by atoms with Crippen molar-refractivity contribution < 1.29 is 19.4 Å². The van der Waals surface area contributed by atoms with Crippen molar-refractivity contribution >= 4 is 5.97 Å². The molecule has 2 rings (SSSR count). The highest BCUT2D eigenvalue weighted by Gasteiger charge is 2.22. The van der Waals surface area contributed by atoms with Gasteiger partial charge in [0.1, 0.15) is 25.2 Å². The van der Waals surface area contributed by atoms with Crippen molar-refractivity contribution in [3.8, 4) is 0 Å². The fourth-order valence-electron chi connectivity index (χ4n) is 1.78. The monoisotopic (exact) mass is 271 g/mol. The fraction of sp³-hybridized carbons (Fsp3) is 0.188. The second-order valence-electron chi connectivity index (χ2n) is 4.25. The van der Waals surface area contributed by atoms with E-state index in [1.165, 1.54) is 7.11 Å². The Hall–Kier alpha value is -2.58. The van der Waals surface area contributed by atoms with E-state index in [4.69, 9.17) is 14.6 Å². The second kappa shape index (κ2) is 6.55. The first-order valence-electron chi connectivity index (χ1n) is 6.16. The molecule has 0 radical (unpaired) electrons. The smallest absolute Gasteiger partial charge is 0.334 e. The lowest BCUT2D eigenvalue weighted by atomic mass is 10.1. The number of methoxy groups -OCH3 is 1. The molecular weight excluding hydrogens is 256 g/mol. The Morgan fingerprint density at radius 1 is 1.30 bits per heavy atom. The Morgan fingerprint density at radius 2 is 2.05 bits per heavy atom. The number of hydrogen-bond donors (Lipinski definition) is 1. The van der Waals surface area contributed by atoms with E-state index in [1.807, 2.05) is 30.3 Å². The largest absolute Gasteiger partial charge is 0.480 e. The van der Waals surface area contributed by atoms with Crippen molar-refractivity contribution in [3.63, 3.8) is 0 Å². The molecule has 1 aromatic rings. The highest BCUT2D eigenvalue weighted by atomic mass is 16.5. The minimum atomic E-state index is -0.890. The van der Waals surface area contributed by atoms with E-state index in [0.717, 1.165) is 5.56 Å². The van der Waals surface area contributed by atoms with Crippen LogP contribution in [0.4, 0.5) is 0 Å². The van der Waals surface area contributed by atoms with Crippen molar-refractivity contribution in [2.24, 2.45) is 0 Å². The maximum atomic E-state index is 10.7. The Bertz CT molecular complexity index is 567. The maximum Gasteiger partial charge on any atom is 0.334 e. The van der Waals surface area contributed by atoms with Crippen molar-refractivity contribution in [2.75, 3.05) is 7.11 Å². The number of carboxylic acid groups (broad SMARTS) is 1. The van der Waals surface area contributed by atoms with Crippen LogP contribution < -0.4 is 0 Å². The molecule has 20 heavy (non-hydrogen) atoms. The first-order chi connectivity index (χ1) is 9.69. The number of hydrogen-bond acceptors (Lipinski definition) is 3.